The van der Waals surface area contributed by atoms with Crippen molar-refractivity contribution < 1.29 is 9.59 Å². The van der Waals surface area contributed by atoms with E-state index in [-0.39, 0.29) is 24.9 Å². The molecule has 1 fully saturated rings. The summed E-state index contributed by atoms with van der Waals surface area (Å²) >= 11 is 6.06. The number of rotatable bonds is 5. The molecule has 1 aliphatic rings. The number of carbonyl (C=O) groups is 2. The van der Waals surface area contributed by atoms with Gasteiger partial charge in [-0.25, -0.2) is 9.69 Å². The van der Waals surface area contributed by atoms with Crippen molar-refractivity contribution in [2.45, 2.75) is 6.92 Å². The lowest BCUT2D eigenvalue weighted by Gasteiger charge is -2.31. The molecule has 0 spiro atoms. The molecule has 3 aromatic carbocycles. The number of piperazine rings is 1. The highest BCUT2D eigenvalue weighted by molar-refractivity contribution is 6.30. The third kappa shape index (κ3) is 4.85. The van der Waals surface area contributed by atoms with Crippen molar-refractivity contribution >= 4 is 35.3 Å². The average molecular weight is 484 g/mol. The average Bonchev–Trinajstić information content (AvgIpc) is 3.30. The van der Waals surface area contributed by atoms with Gasteiger partial charge in [-0.15, -0.1) is 0 Å². The Balaban J connectivity index is 1.42. The summed E-state index contributed by atoms with van der Waals surface area (Å²) in [5, 5.41) is 10.9. The van der Waals surface area contributed by atoms with E-state index in [0.717, 1.165) is 16.8 Å². The van der Waals surface area contributed by atoms with Gasteiger partial charge in [0.2, 0.25) is 5.91 Å². The molecule has 0 radical (unpaired) electrons. The molecule has 7 nitrogen and oxygen atoms in total. The summed E-state index contributed by atoms with van der Waals surface area (Å²) in [6, 6.07) is 24.6. The van der Waals surface area contributed by atoms with Crippen LogP contribution in [-0.2, 0) is 9.59 Å². The fourth-order valence-corrected chi connectivity index (χ4v) is 3.96. The Hall–Kier alpha value is -4.23. The minimum Gasteiger partial charge on any atom is -0.301 e. The molecular formula is C27H22ClN5O2. The van der Waals surface area contributed by atoms with Crippen LogP contribution in [0.5, 0.6) is 0 Å². The Morgan fingerprint density at radius 3 is 2.29 bits per heavy atom. The maximum atomic E-state index is 12.8. The van der Waals surface area contributed by atoms with Gasteiger partial charge in [-0.1, -0.05) is 59.6 Å². The van der Waals surface area contributed by atoms with Crippen LogP contribution in [0, 0.1) is 6.92 Å². The monoisotopic (exact) mass is 483 g/mol. The van der Waals surface area contributed by atoms with E-state index in [1.54, 1.807) is 23.0 Å². The van der Waals surface area contributed by atoms with Gasteiger partial charge in [0.05, 0.1) is 11.9 Å². The number of nitrogens with zero attached hydrogens (tertiary/aromatic N) is 5. The number of para-hydroxylation sites is 1. The maximum absolute atomic E-state index is 12.8. The van der Waals surface area contributed by atoms with Crippen molar-refractivity contribution in [1.82, 2.24) is 14.8 Å². The van der Waals surface area contributed by atoms with Crippen molar-refractivity contribution in [3.05, 3.63) is 101 Å². The molecule has 0 aliphatic carbocycles. The van der Waals surface area contributed by atoms with Crippen LogP contribution in [0.3, 0.4) is 0 Å². The fourth-order valence-electron chi connectivity index (χ4n) is 3.83. The lowest BCUT2D eigenvalue weighted by atomic mass is 10.1. The summed E-state index contributed by atoms with van der Waals surface area (Å²) in [6.45, 7) is 1.78. The minimum absolute atomic E-state index is 0.0629. The Morgan fingerprint density at radius 2 is 1.57 bits per heavy atom. The quantitative estimate of drug-likeness (QED) is 0.386. The van der Waals surface area contributed by atoms with Gasteiger partial charge in [-0.05, 0) is 43.3 Å². The standard InChI is InChI=1S/C27H22ClN5O2/c1-19-7-13-23(14-8-19)31-17-26(35)33(18-25(31)34)29-15-21-16-32(24-5-3-2-4-6-24)30-27(21)20-9-11-22(28)12-10-20/h2-16H,17-18H2,1H3/b29-15+. The van der Waals surface area contributed by atoms with Crippen LogP contribution >= 0.6 is 11.6 Å². The maximum Gasteiger partial charge on any atom is 0.263 e. The smallest absolute Gasteiger partial charge is 0.263 e. The van der Waals surface area contributed by atoms with E-state index in [2.05, 4.69) is 5.10 Å². The van der Waals surface area contributed by atoms with E-state index in [1.807, 2.05) is 79.9 Å². The molecule has 8 heteroatoms. The number of halogens is 1. The number of hydrogen-bond donors (Lipinski definition) is 0. The van der Waals surface area contributed by atoms with Crippen molar-refractivity contribution in [2.24, 2.45) is 5.10 Å². The predicted molar refractivity (Wildman–Crippen MR) is 137 cm³/mol. The van der Waals surface area contributed by atoms with Gasteiger partial charge in [0.1, 0.15) is 18.8 Å². The van der Waals surface area contributed by atoms with Gasteiger partial charge >= 0.3 is 0 Å². The first kappa shape index (κ1) is 22.6. The lowest BCUT2D eigenvalue weighted by Crippen LogP contribution is -2.52. The summed E-state index contributed by atoms with van der Waals surface area (Å²) in [6.07, 6.45) is 3.42. The van der Waals surface area contributed by atoms with E-state index in [4.69, 9.17) is 16.7 Å². The highest BCUT2D eigenvalue weighted by atomic mass is 35.5. The molecule has 0 N–H and O–H groups in total. The topological polar surface area (TPSA) is 70.8 Å². The number of aryl methyl sites for hydroxylation is 1. The first-order chi connectivity index (χ1) is 17.0. The van der Waals surface area contributed by atoms with Crippen molar-refractivity contribution in [2.75, 3.05) is 18.0 Å². The Bertz CT molecular complexity index is 1400. The summed E-state index contributed by atoms with van der Waals surface area (Å²) in [7, 11) is 0. The molecule has 2 amide bonds. The zero-order valence-electron chi connectivity index (χ0n) is 19.0. The molecule has 0 saturated carbocycles. The largest absolute Gasteiger partial charge is 0.301 e. The molecule has 174 valence electrons. The summed E-state index contributed by atoms with van der Waals surface area (Å²) in [4.78, 5) is 27.1. The fraction of sp³-hybridized carbons (Fsp3) is 0.111. The number of amides is 2. The molecule has 4 aromatic rings. The van der Waals surface area contributed by atoms with Crippen LogP contribution in [0.4, 0.5) is 5.69 Å². The number of carbonyl (C=O) groups excluding carboxylic acids is 2. The third-order valence-corrected chi connectivity index (χ3v) is 5.98. The van der Waals surface area contributed by atoms with E-state index >= 15 is 0 Å². The lowest BCUT2D eigenvalue weighted by molar-refractivity contribution is -0.138. The molecular weight excluding hydrogens is 462 g/mol. The van der Waals surface area contributed by atoms with Gasteiger partial charge in [0.15, 0.2) is 0 Å². The molecule has 35 heavy (non-hydrogen) atoms. The molecule has 2 heterocycles. The first-order valence-electron chi connectivity index (χ1n) is 11.1. The molecule has 1 aromatic heterocycles. The van der Waals surface area contributed by atoms with Crippen LogP contribution in [0.25, 0.3) is 16.9 Å². The number of benzene rings is 3. The zero-order valence-corrected chi connectivity index (χ0v) is 19.8. The number of aromatic nitrogens is 2. The molecule has 0 unspecified atom stereocenters. The van der Waals surface area contributed by atoms with Crippen LogP contribution in [-0.4, -0.2) is 45.9 Å². The van der Waals surface area contributed by atoms with Crippen molar-refractivity contribution in [3.8, 4) is 16.9 Å². The number of anilines is 1. The Morgan fingerprint density at radius 1 is 0.857 bits per heavy atom. The van der Waals surface area contributed by atoms with Crippen molar-refractivity contribution in [1.29, 1.82) is 0 Å². The van der Waals surface area contributed by atoms with Gasteiger partial charge in [0, 0.05) is 28.0 Å². The van der Waals surface area contributed by atoms with Crippen LogP contribution < -0.4 is 4.90 Å². The summed E-state index contributed by atoms with van der Waals surface area (Å²) in [5.74, 6) is -0.451. The van der Waals surface area contributed by atoms with Gasteiger partial charge < -0.3 is 4.90 Å². The third-order valence-electron chi connectivity index (χ3n) is 5.73. The predicted octanol–water partition coefficient (Wildman–Crippen LogP) is 4.71. The highest BCUT2D eigenvalue weighted by Gasteiger charge is 2.30. The van der Waals surface area contributed by atoms with Crippen LogP contribution in [0.15, 0.2) is 90.2 Å². The second kappa shape index (κ2) is 9.56. The second-order valence-corrected chi connectivity index (χ2v) is 8.67. The molecule has 0 atom stereocenters. The zero-order chi connectivity index (χ0) is 24.4. The van der Waals surface area contributed by atoms with E-state index in [0.29, 0.717) is 22.0 Å². The summed E-state index contributed by atoms with van der Waals surface area (Å²) < 4.78 is 1.76. The van der Waals surface area contributed by atoms with Crippen molar-refractivity contribution in [3.63, 3.8) is 0 Å². The normalized spacial score (nSPS) is 14.2. The van der Waals surface area contributed by atoms with E-state index < -0.39 is 0 Å². The SMILES string of the molecule is Cc1ccc(N2CC(=O)N(/N=C/c3cn(-c4ccccc4)nc3-c3ccc(Cl)cc3)CC2=O)cc1. The molecule has 1 aliphatic heterocycles. The van der Waals surface area contributed by atoms with E-state index in [9.17, 15) is 9.59 Å². The van der Waals surface area contributed by atoms with Gasteiger partial charge in [-0.2, -0.15) is 10.2 Å². The van der Waals surface area contributed by atoms with Crippen LogP contribution in [0.1, 0.15) is 11.1 Å². The van der Waals surface area contributed by atoms with Gasteiger partial charge in [0.25, 0.3) is 5.91 Å². The first-order valence-corrected chi connectivity index (χ1v) is 11.5. The summed E-state index contributed by atoms with van der Waals surface area (Å²) in [5.41, 5.74) is 4.93. The number of hydrazone groups is 1. The van der Waals surface area contributed by atoms with E-state index in [1.165, 1.54) is 9.91 Å². The Kier molecular flexibility index (Phi) is 6.16. The molecule has 1 saturated heterocycles. The van der Waals surface area contributed by atoms with Gasteiger partial charge in [-0.3, -0.25) is 9.59 Å². The molecule has 0 bridgehead atoms. The highest BCUT2D eigenvalue weighted by Crippen LogP contribution is 2.25. The minimum atomic E-state index is -0.259. The number of hydrogen-bond acceptors (Lipinski definition) is 4. The van der Waals surface area contributed by atoms with Crippen LogP contribution in [0.2, 0.25) is 5.02 Å². The Labute approximate surface area is 207 Å². The second-order valence-electron chi connectivity index (χ2n) is 8.23. The molecule has 5 rings (SSSR count).